The van der Waals surface area contributed by atoms with Gasteiger partial charge in [-0.15, -0.1) is 0 Å². The second kappa shape index (κ2) is 5.67. The highest BCUT2D eigenvalue weighted by atomic mass is 19.1. The normalized spacial score (nSPS) is 29.0. The van der Waals surface area contributed by atoms with Gasteiger partial charge in [0.1, 0.15) is 5.82 Å². The maximum Gasteiger partial charge on any atom is 0.127 e. The van der Waals surface area contributed by atoms with Gasteiger partial charge in [-0.05, 0) is 37.3 Å². The van der Waals surface area contributed by atoms with E-state index in [1.165, 1.54) is 18.4 Å². The number of hydrogen-bond acceptors (Lipinski definition) is 3. The van der Waals surface area contributed by atoms with Gasteiger partial charge in [0.2, 0.25) is 0 Å². The monoisotopic (exact) mass is 290 g/mol. The first-order valence-electron chi connectivity index (χ1n) is 8.15. The second-order valence-corrected chi connectivity index (χ2v) is 6.73. The van der Waals surface area contributed by atoms with Gasteiger partial charge in [0.25, 0.3) is 0 Å². The van der Waals surface area contributed by atoms with Crippen molar-refractivity contribution >= 4 is 0 Å². The molecule has 1 N–H and O–H groups in total. The molecule has 21 heavy (non-hydrogen) atoms. The van der Waals surface area contributed by atoms with Crippen molar-refractivity contribution in [3.63, 3.8) is 0 Å². The van der Waals surface area contributed by atoms with Crippen molar-refractivity contribution in [3.8, 4) is 0 Å². The molecule has 2 unspecified atom stereocenters. The molecule has 0 amide bonds. The van der Waals surface area contributed by atoms with Gasteiger partial charge in [-0.1, -0.05) is 12.1 Å². The summed E-state index contributed by atoms with van der Waals surface area (Å²) in [6.45, 7) is 3.45. The van der Waals surface area contributed by atoms with Crippen molar-refractivity contribution < 1.29 is 9.13 Å². The Bertz CT molecular complexity index is 506. The molecule has 1 saturated carbocycles. The molecule has 1 aromatic rings. The third-order valence-corrected chi connectivity index (χ3v) is 4.80. The number of rotatable bonds is 5. The fourth-order valence-electron chi connectivity index (χ4n) is 3.48. The average Bonchev–Trinajstić information content (AvgIpc) is 3.24. The van der Waals surface area contributed by atoms with Crippen LogP contribution in [-0.4, -0.2) is 36.2 Å². The van der Waals surface area contributed by atoms with E-state index < -0.39 is 0 Å². The van der Waals surface area contributed by atoms with E-state index in [1.807, 2.05) is 12.1 Å². The van der Waals surface area contributed by atoms with E-state index in [0.29, 0.717) is 24.8 Å². The van der Waals surface area contributed by atoms with Gasteiger partial charge in [0.05, 0.1) is 12.2 Å². The zero-order valence-electron chi connectivity index (χ0n) is 12.4. The first-order chi connectivity index (χ1) is 10.3. The predicted octanol–water partition coefficient (Wildman–Crippen LogP) is 2.44. The molecular weight excluding hydrogens is 267 g/mol. The minimum Gasteiger partial charge on any atom is -0.372 e. The van der Waals surface area contributed by atoms with Gasteiger partial charge in [0.15, 0.2) is 0 Å². The SMILES string of the molecule is Fc1ccc(CNC2CC2)cc1CN1CC2CCC(C1)O2. The smallest absolute Gasteiger partial charge is 0.127 e. The van der Waals surface area contributed by atoms with Crippen LogP contribution in [0.1, 0.15) is 36.8 Å². The Morgan fingerprint density at radius 2 is 1.90 bits per heavy atom. The number of nitrogens with zero attached hydrogens (tertiary/aromatic N) is 1. The standard InChI is InChI=1S/C17H23FN2O/c18-17-6-1-12(8-19-14-2-3-14)7-13(17)9-20-10-15-4-5-16(11-20)21-15/h1,6-7,14-16,19H,2-5,8-11H2. The Balaban J connectivity index is 1.41. The number of hydrogen-bond donors (Lipinski definition) is 1. The van der Waals surface area contributed by atoms with E-state index in [2.05, 4.69) is 10.2 Å². The van der Waals surface area contributed by atoms with Crippen LogP contribution in [0.15, 0.2) is 18.2 Å². The number of morpholine rings is 1. The average molecular weight is 290 g/mol. The van der Waals surface area contributed by atoms with Gasteiger partial charge in [-0.25, -0.2) is 4.39 Å². The van der Waals surface area contributed by atoms with E-state index >= 15 is 0 Å². The Kier molecular flexibility index (Phi) is 3.69. The minimum absolute atomic E-state index is 0.0796. The van der Waals surface area contributed by atoms with Crippen LogP contribution in [0.5, 0.6) is 0 Å². The number of halogens is 1. The molecular formula is C17H23FN2O. The molecule has 3 nitrogen and oxygen atoms in total. The predicted molar refractivity (Wildman–Crippen MR) is 79.4 cm³/mol. The molecule has 0 aromatic heterocycles. The summed E-state index contributed by atoms with van der Waals surface area (Å²) < 4.78 is 19.9. The fraction of sp³-hybridized carbons (Fsp3) is 0.647. The van der Waals surface area contributed by atoms with Crippen molar-refractivity contribution in [1.82, 2.24) is 10.2 Å². The molecule has 114 valence electrons. The van der Waals surface area contributed by atoms with Crippen LogP contribution in [0.3, 0.4) is 0 Å². The maximum atomic E-state index is 14.1. The Morgan fingerprint density at radius 3 is 2.62 bits per heavy atom. The number of nitrogens with one attached hydrogen (secondary N) is 1. The molecule has 4 heteroatoms. The van der Waals surface area contributed by atoms with Crippen LogP contribution in [0.25, 0.3) is 0 Å². The molecule has 4 rings (SSSR count). The van der Waals surface area contributed by atoms with Crippen LogP contribution in [0.4, 0.5) is 4.39 Å². The van der Waals surface area contributed by atoms with E-state index in [4.69, 9.17) is 4.74 Å². The molecule has 2 bridgehead atoms. The molecule has 3 aliphatic rings. The van der Waals surface area contributed by atoms with Crippen LogP contribution in [0, 0.1) is 5.82 Å². The topological polar surface area (TPSA) is 24.5 Å². The Hall–Kier alpha value is -0.970. The number of fused-ring (bicyclic) bond motifs is 2. The third kappa shape index (κ3) is 3.28. The molecule has 1 aliphatic carbocycles. The molecule has 0 radical (unpaired) electrons. The Morgan fingerprint density at radius 1 is 1.14 bits per heavy atom. The summed E-state index contributed by atoms with van der Waals surface area (Å²) in [5.74, 6) is -0.0796. The van der Waals surface area contributed by atoms with E-state index in [1.54, 1.807) is 6.07 Å². The lowest BCUT2D eigenvalue weighted by atomic mass is 10.1. The first-order valence-corrected chi connectivity index (χ1v) is 8.15. The van der Waals surface area contributed by atoms with Gasteiger partial charge in [-0.2, -0.15) is 0 Å². The summed E-state index contributed by atoms with van der Waals surface area (Å²) in [6.07, 6.45) is 5.62. The fourth-order valence-corrected chi connectivity index (χ4v) is 3.48. The van der Waals surface area contributed by atoms with Crippen molar-refractivity contribution in [2.45, 2.75) is 57.0 Å². The van der Waals surface area contributed by atoms with Crippen molar-refractivity contribution in [1.29, 1.82) is 0 Å². The lowest BCUT2D eigenvalue weighted by Gasteiger charge is -2.32. The maximum absolute atomic E-state index is 14.1. The van der Waals surface area contributed by atoms with Crippen molar-refractivity contribution in [3.05, 3.63) is 35.1 Å². The van der Waals surface area contributed by atoms with E-state index in [9.17, 15) is 4.39 Å². The zero-order chi connectivity index (χ0) is 14.2. The molecule has 2 heterocycles. The van der Waals surface area contributed by atoms with Crippen LogP contribution in [0.2, 0.25) is 0 Å². The highest BCUT2D eigenvalue weighted by molar-refractivity contribution is 5.25. The zero-order valence-corrected chi connectivity index (χ0v) is 12.4. The lowest BCUT2D eigenvalue weighted by molar-refractivity contribution is -0.0413. The molecule has 2 saturated heterocycles. The number of likely N-dealkylation sites (tertiary alicyclic amines) is 1. The second-order valence-electron chi connectivity index (χ2n) is 6.73. The highest BCUT2D eigenvalue weighted by Gasteiger charge is 2.33. The summed E-state index contributed by atoms with van der Waals surface area (Å²) in [5.41, 5.74) is 2.01. The van der Waals surface area contributed by atoms with Crippen LogP contribution in [-0.2, 0) is 17.8 Å². The summed E-state index contributed by atoms with van der Waals surface area (Å²) >= 11 is 0. The van der Waals surface area contributed by atoms with Crippen molar-refractivity contribution in [2.24, 2.45) is 0 Å². The molecule has 1 aromatic carbocycles. The van der Waals surface area contributed by atoms with E-state index in [0.717, 1.165) is 38.0 Å². The first kappa shape index (κ1) is 13.7. The largest absolute Gasteiger partial charge is 0.372 e. The summed E-state index contributed by atoms with van der Waals surface area (Å²) in [5, 5.41) is 3.49. The number of benzene rings is 1. The lowest BCUT2D eigenvalue weighted by Crippen LogP contribution is -2.42. The van der Waals surface area contributed by atoms with Gasteiger partial charge >= 0.3 is 0 Å². The Labute approximate surface area is 125 Å². The quantitative estimate of drug-likeness (QED) is 0.901. The summed E-state index contributed by atoms with van der Waals surface area (Å²) in [4.78, 5) is 2.35. The molecule has 3 fully saturated rings. The van der Waals surface area contributed by atoms with Gasteiger partial charge in [-0.3, -0.25) is 4.90 Å². The van der Waals surface area contributed by atoms with Gasteiger partial charge < -0.3 is 10.1 Å². The number of ether oxygens (including phenoxy) is 1. The molecule has 2 atom stereocenters. The summed E-state index contributed by atoms with van der Waals surface area (Å²) in [7, 11) is 0. The highest BCUT2D eigenvalue weighted by Crippen LogP contribution is 2.27. The van der Waals surface area contributed by atoms with Gasteiger partial charge in [0, 0.05) is 37.8 Å². The third-order valence-electron chi connectivity index (χ3n) is 4.80. The van der Waals surface area contributed by atoms with Crippen LogP contribution < -0.4 is 5.32 Å². The van der Waals surface area contributed by atoms with E-state index in [-0.39, 0.29) is 5.82 Å². The summed E-state index contributed by atoms with van der Waals surface area (Å²) in [6, 6.07) is 6.24. The molecule has 2 aliphatic heterocycles. The molecule has 0 spiro atoms. The van der Waals surface area contributed by atoms with Crippen molar-refractivity contribution in [2.75, 3.05) is 13.1 Å². The van der Waals surface area contributed by atoms with Crippen LogP contribution >= 0.6 is 0 Å². The minimum atomic E-state index is -0.0796.